The lowest BCUT2D eigenvalue weighted by atomic mass is 9.80. The van der Waals surface area contributed by atoms with Gasteiger partial charge in [0.2, 0.25) is 0 Å². The summed E-state index contributed by atoms with van der Waals surface area (Å²) in [7, 11) is 0. The van der Waals surface area contributed by atoms with Crippen LogP contribution in [0.15, 0.2) is 36.4 Å². The third kappa shape index (κ3) is 14.2. The number of fused-ring (bicyclic) bond motifs is 2. The zero-order valence-electron chi connectivity index (χ0n) is 45.6. The topological polar surface area (TPSA) is 139 Å². The van der Waals surface area contributed by atoms with Gasteiger partial charge in [-0.05, 0) is 114 Å². The van der Waals surface area contributed by atoms with Crippen LogP contribution in [0.25, 0.3) is 43.1 Å². The molecule has 0 radical (unpaired) electrons. The smallest absolute Gasteiger partial charge is 0.338 e. The van der Waals surface area contributed by atoms with Crippen molar-refractivity contribution in [3.05, 3.63) is 69.8 Å². The molecule has 0 spiro atoms. The molecule has 0 aliphatic carbocycles. The van der Waals surface area contributed by atoms with Gasteiger partial charge in [0.15, 0.2) is 11.6 Å². The number of esters is 4. The standard InChI is InChI=1S/C62H84O10S/c1-10-18-23-40(14-5)35-69-59(65)46-31-29-45-54-49(52(64)27-22-32-73)34-51(62(68)72-38-43(17-8)26-21-13-4)56-47(60(66)70-36-41(15-6)24-19-11-2)30-28-44(58(54)56)53-48(39(9)63)33-50(55(46)57(45)53)61(67)71-37-42(16-7)25-20-12-3/h28-31,33-34,40-43,73H,10-27,32,35-38H2,1-9H3. The molecule has 5 rings (SSSR count). The molecule has 4 unspecified atom stereocenters. The highest BCUT2D eigenvalue weighted by Gasteiger charge is 2.33. The molecule has 73 heavy (non-hydrogen) atoms. The molecule has 4 atom stereocenters. The summed E-state index contributed by atoms with van der Waals surface area (Å²) in [5, 5.41) is 3.01. The maximum absolute atomic E-state index is 14.9. The zero-order chi connectivity index (χ0) is 53.2. The number of unbranched alkanes of at least 4 members (excludes halogenated alkanes) is 4. The van der Waals surface area contributed by atoms with E-state index in [1.54, 1.807) is 30.3 Å². The Morgan fingerprint density at radius 1 is 0.411 bits per heavy atom. The van der Waals surface area contributed by atoms with Crippen LogP contribution in [0, 0.1) is 23.7 Å². The first-order valence-corrected chi connectivity index (χ1v) is 28.5. The number of carbonyl (C=O) groups is 6. The highest BCUT2D eigenvalue weighted by atomic mass is 32.1. The molecule has 0 amide bonds. The number of hydrogen-bond acceptors (Lipinski definition) is 11. The van der Waals surface area contributed by atoms with Crippen molar-refractivity contribution in [2.24, 2.45) is 23.7 Å². The minimum absolute atomic E-state index is 0.0336. The van der Waals surface area contributed by atoms with E-state index in [9.17, 15) is 28.8 Å². The van der Waals surface area contributed by atoms with E-state index < -0.39 is 23.9 Å². The molecule has 0 heterocycles. The van der Waals surface area contributed by atoms with Gasteiger partial charge in [0.25, 0.3) is 0 Å². The number of rotatable bonds is 33. The van der Waals surface area contributed by atoms with E-state index in [1.807, 2.05) is 0 Å². The molecule has 11 heteroatoms. The minimum Gasteiger partial charge on any atom is -0.462 e. The Bertz CT molecular complexity index is 2680. The Morgan fingerprint density at radius 3 is 1.05 bits per heavy atom. The van der Waals surface area contributed by atoms with Crippen molar-refractivity contribution >= 4 is 91.2 Å². The summed E-state index contributed by atoms with van der Waals surface area (Å²) in [6.07, 6.45) is 15.3. The predicted octanol–water partition coefficient (Wildman–Crippen LogP) is 16.3. The first kappa shape index (κ1) is 58.9. The number of ether oxygens (including phenoxy) is 4. The van der Waals surface area contributed by atoms with Gasteiger partial charge in [-0.15, -0.1) is 0 Å². The summed E-state index contributed by atoms with van der Waals surface area (Å²) in [4.78, 5) is 88.0. The summed E-state index contributed by atoms with van der Waals surface area (Å²) in [5.74, 6) is -2.33. The number of hydrogen-bond donors (Lipinski definition) is 1. The van der Waals surface area contributed by atoms with Crippen LogP contribution in [-0.2, 0) is 18.9 Å². The van der Waals surface area contributed by atoms with Gasteiger partial charge in [0.1, 0.15) is 0 Å². The molecule has 0 fully saturated rings. The lowest BCUT2D eigenvalue weighted by Gasteiger charge is -2.24. The van der Waals surface area contributed by atoms with Crippen LogP contribution in [0.1, 0.15) is 240 Å². The van der Waals surface area contributed by atoms with Crippen LogP contribution in [-0.4, -0.2) is 67.6 Å². The molecule has 0 saturated carbocycles. The Kier molecular flexibility index (Phi) is 23.5. The zero-order valence-corrected chi connectivity index (χ0v) is 46.5. The molecule has 0 saturated heterocycles. The fourth-order valence-corrected chi connectivity index (χ4v) is 10.5. The molecule has 0 aliphatic rings. The van der Waals surface area contributed by atoms with Gasteiger partial charge >= 0.3 is 23.9 Å². The monoisotopic (exact) mass is 1020 g/mol. The van der Waals surface area contributed by atoms with Crippen molar-refractivity contribution in [1.82, 2.24) is 0 Å². The summed E-state index contributed by atoms with van der Waals surface area (Å²) in [5.41, 5.74) is 0.700. The third-order valence-corrected chi connectivity index (χ3v) is 15.5. The van der Waals surface area contributed by atoms with E-state index in [0.717, 1.165) is 103 Å². The number of Topliss-reactive ketones (excluding diaryl/α,β-unsaturated/α-hetero) is 2. The van der Waals surface area contributed by atoms with Crippen LogP contribution in [0.4, 0.5) is 0 Å². The van der Waals surface area contributed by atoms with Crippen LogP contribution < -0.4 is 0 Å². The molecule has 0 bridgehead atoms. The Labute approximate surface area is 440 Å². The van der Waals surface area contributed by atoms with Crippen LogP contribution in [0.3, 0.4) is 0 Å². The van der Waals surface area contributed by atoms with Gasteiger partial charge in [-0.25, -0.2) is 19.2 Å². The fourth-order valence-electron chi connectivity index (χ4n) is 10.3. The first-order valence-electron chi connectivity index (χ1n) is 27.9. The van der Waals surface area contributed by atoms with E-state index in [0.29, 0.717) is 44.5 Å². The van der Waals surface area contributed by atoms with E-state index in [-0.39, 0.29) is 112 Å². The molecule has 0 aromatic heterocycles. The average molecular weight is 1020 g/mol. The van der Waals surface area contributed by atoms with Gasteiger partial charge < -0.3 is 18.9 Å². The van der Waals surface area contributed by atoms with E-state index >= 15 is 0 Å². The van der Waals surface area contributed by atoms with Gasteiger partial charge in [0, 0.05) is 39.1 Å². The van der Waals surface area contributed by atoms with Gasteiger partial charge in [-0.3, -0.25) is 9.59 Å². The van der Waals surface area contributed by atoms with Crippen molar-refractivity contribution in [3.8, 4) is 0 Å². The van der Waals surface area contributed by atoms with Gasteiger partial charge in [0.05, 0.1) is 48.7 Å². The quantitative estimate of drug-likeness (QED) is 0.0108. The summed E-state index contributed by atoms with van der Waals surface area (Å²) in [6, 6.07) is 9.79. The number of ketones is 2. The van der Waals surface area contributed by atoms with Crippen LogP contribution in [0.2, 0.25) is 0 Å². The highest BCUT2D eigenvalue weighted by molar-refractivity contribution is 7.80. The largest absolute Gasteiger partial charge is 0.462 e. The van der Waals surface area contributed by atoms with Gasteiger partial charge in [-0.1, -0.05) is 145 Å². The third-order valence-electron chi connectivity index (χ3n) is 15.2. The number of benzene rings is 5. The Balaban J connectivity index is 1.96. The SMILES string of the molecule is CCCCC(CC)COC(=O)c1ccc2c3c(C(=O)CCCS)cc(C(=O)OCC(CC)CCCC)c4c(C(=O)OCC(CC)CCCC)ccc(c5c(C(C)=O)cc(C(=O)OCC(CC)CCCC)c1c25)c43. The van der Waals surface area contributed by atoms with Crippen molar-refractivity contribution in [3.63, 3.8) is 0 Å². The minimum atomic E-state index is -0.685. The normalized spacial score (nSPS) is 13.3. The second kappa shape index (κ2) is 29.2. The lowest BCUT2D eigenvalue weighted by molar-refractivity contribution is 0.0414. The van der Waals surface area contributed by atoms with Crippen molar-refractivity contribution < 1.29 is 47.7 Å². The molecule has 0 aliphatic heterocycles. The fraction of sp³-hybridized carbons (Fsp3) is 0.581. The maximum Gasteiger partial charge on any atom is 0.338 e. The highest BCUT2D eigenvalue weighted by Crippen LogP contribution is 2.48. The molecule has 5 aromatic rings. The van der Waals surface area contributed by atoms with Gasteiger partial charge in [-0.2, -0.15) is 12.6 Å². The number of thiol groups is 1. The van der Waals surface area contributed by atoms with E-state index in [2.05, 4.69) is 68.0 Å². The van der Waals surface area contributed by atoms with E-state index in [1.165, 1.54) is 13.0 Å². The van der Waals surface area contributed by atoms with Crippen LogP contribution in [0.5, 0.6) is 0 Å². The first-order chi connectivity index (χ1) is 35.3. The molecule has 5 aromatic carbocycles. The number of carbonyl (C=O) groups excluding carboxylic acids is 6. The Morgan fingerprint density at radius 2 is 0.740 bits per heavy atom. The molecular weight excluding hydrogens is 937 g/mol. The molecule has 0 N–H and O–H groups in total. The second-order valence-corrected chi connectivity index (χ2v) is 20.8. The van der Waals surface area contributed by atoms with Crippen molar-refractivity contribution in [2.45, 2.75) is 178 Å². The summed E-state index contributed by atoms with van der Waals surface area (Å²) < 4.78 is 24.6. The lowest BCUT2D eigenvalue weighted by Crippen LogP contribution is -2.19. The summed E-state index contributed by atoms with van der Waals surface area (Å²) in [6.45, 7) is 18.9. The molecule has 10 nitrogen and oxygen atoms in total. The predicted molar refractivity (Wildman–Crippen MR) is 299 cm³/mol. The van der Waals surface area contributed by atoms with Crippen LogP contribution >= 0.6 is 12.6 Å². The average Bonchev–Trinajstić information content (AvgIpc) is 3.40. The Hall–Kier alpha value is -5.03. The van der Waals surface area contributed by atoms with Crippen molar-refractivity contribution in [2.75, 3.05) is 32.2 Å². The molecular formula is C62H84O10S. The molecule has 398 valence electrons. The van der Waals surface area contributed by atoms with Crippen molar-refractivity contribution in [1.29, 1.82) is 0 Å². The summed E-state index contributed by atoms with van der Waals surface area (Å²) >= 11 is 4.45. The second-order valence-electron chi connectivity index (χ2n) is 20.4. The maximum atomic E-state index is 14.9. The van der Waals surface area contributed by atoms with E-state index in [4.69, 9.17) is 18.9 Å².